The van der Waals surface area contributed by atoms with Crippen LogP contribution in [0.5, 0.6) is 0 Å². The van der Waals surface area contributed by atoms with Crippen molar-refractivity contribution in [1.82, 2.24) is 0 Å². The van der Waals surface area contributed by atoms with E-state index < -0.39 is 0 Å². The molecule has 0 bridgehead atoms. The van der Waals surface area contributed by atoms with E-state index >= 15 is 0 Å². The van der Waals surface area contributed by atoms with Crippen LogP contribution in [-0.2, 0) is 98.1 Å². The van der Waals surface area contributed by atoms with Gasteiger partial charge in [0.15, 0.2) is 0 Å². The van der Waals surface area contributed by atoms with Crippen molar-refractivity contribution in [3.05, 3.63) is 23.7 Å². The molecule has 0 aliphatic rings. The Balaban J connectivity index is -0.000000116. The molecule has 0 saturated carbocycles. The third-order valence-corrected chi connectivity index (χ3v) is 3.92. The topological polar surface area (TPSA) is 37.9 Å². The molecule has 0 rings (SSSR count). The molecular weight excluding hydrogens is 547 g/mol. The Bertz CT molecular complexity index is 200. The van der Waals surface area contributed by atoms with Gasteiger partial charge in [-0.3, -0.25) is 0 Å². The standard InChI is InChI=1S/C13H26N2.C8H18.3Y/c1-2-3-4-5-6-7-8-9-12-15-13-10-11-14;1-3-5-7-8-6-4-2;;;/h2,14H,1,3-13H2;3-8H2,1-2H3;;;/q-2;;;;. The Morgan fingerprint density at radius 1 is 0.654 bits per heavy atom. The first-order chi connectivity index (χ1) is 11.3. The molecule has 0 aliphatic carbocycles. The van der Waals surface area contributed by atoms with Crippen LogP contribution >= 0.6 is 0 Å². The van der Waals surface area contributed by atoms with E-state index in [2.05, 4.69) is 25.7 Å². The molecule has 149 valence electrons. The van der Waals surface area contributed by atoms with Crippen LogP contribution in [0.1, 0.15) is 104 Å². The monoisotopic (exact) mass is 591 g/mol. The summed E-state index contributed by atoms with van der Waals surface area (Å²) in [6.07, 6.45) is 20.5. The molecule has 0 spiro atoms. The number of rotatable bonds is 17. The number of hydrogen-bond donors (Lipinski definition) is 0. The van der Waals surface area contributed by atoms with Crippen molar-refractivity contribution in [3.63, 3.8) is 0 Å². The average Bonchev–Trinajstić information content (AvgIpc) is 2.57. The van der Waals surface area contributed by atoms with E-state index in [0.717, 1.165) is 19.5 Å². The second kappa shape index (κ2) is 42.2. The predicted octanol–water partition coefficient (Wildman–Crippen LogP) is 8.08. The smallest absolute Gasteiger partial charge is 0 e. The molecule has 0 atom stereocenters. The van der Waals surface area contributed by atoms with Crippen molar-refractivity contribution in [2.24, 2.45) is 0 Å². The fourth-order valence-electron chi connectivity index (χ4n) is 2.38. The third kappa shape index (κ3) is 45.6. The minimum atomic E-state index is 0. The molecule has 0 aromatic heterocycles. The van der Waals surface area contributed by atoms with Crippen molar-refractivity contribution in [2.45, 2.75) is 104 Å². The first-order valence-corrected chi connectivity index (χ1v) is 10.2. The maximum atomic E-state index is 6.96. The van der Waals surface area contributed by atoms with E-state index in [-0.39, 0.29) is 98.1 Å². The number of nitrogens with one attached hydrogen (secondary N) is 1. The molecule has 1 N–H and O–H groups in total. The molecule has 0 aromatic carbocycles. The van der Waals surface area contributed by atoms with Gasteiger partial charge in [-0.2, -0.15) is 13.1 Å². The zero-order valence-corrected chi connectivity index (χ0v) is 26.5. The van der Waals surface area contributed by atoms with Crippen LogP contribution in [0.2, 0.25) is 0 Å². The van der Waals surface area contributed by atoms with E-state index in [9.17, 15) is 0 Å². The first kappa shape index (κ1) is 39.4. The maximum absolute atomic E-state index is 6.96. The molecule has 0 aliphatic heterocycles. The molecule has 0 heterocycles. The summed E-state index contributed by atoms with van der Waals surface area (Å²) in [5.41, 5.74) is 6.96. The van der Waals surface area contributed by atoms with Crippen LogP contribution in [0.3, 0.4) is 0 Å². The fourth-order valence-corrected chi connectivity index (χ4v) is 2.38. The number of allylic oxidation sites excluding steroid dienone is 1. The fraction of sp³-hybridized carbons (Fsp3) is 0.905. The van der Waals surface area contributed by atoms with Crippen LogP contribution in [0.4, 0.5) is 0 Å². The van der Waals surface area contributed by atoms with Gasteiger partial charge < -0.3 is 11.1 Å². The Hall–Kier alpha value is 2.97. The Morgan fingerprint density at radius 3 is 1.54 bits per heavy atom. The van der Waals surface area contributed by atoms with Crippen LogP contribution in [0.15, 0.2) is 12.7 Å². The van der Waals surface area contributed by atoms with Gasteiger partial charge >= 0.3 is 0 Å². The normalized spacial score (nSPS) is 9.04. The molecular formula is C21H44N2Y3-2. The number of nitrogens with zero attached hydrogens (tertiary/aromatic N) is 1. The van der Waals surface area contributed by atoms with Gasteiger partial charge in [-0.25, -0.2) is 0 Å². The molecule has 0 fully saturated rings. The predicted molar refractivity (Wildman–Crippen MR) is 108 cm³/mol. The van der Waals surface area contributed by atoms with Gasteiger partial charge in [0.05, 0.1) is 0 Å². The first-order valence-electron chi connectivity index (χ1n) is 10.2. The molecule has 0 amide bonds. The zero-order valence-electron chi connectivity index (χ0n) is 18.0. The molecule has 5 heteroatoms. The molecule has 2 nitrogen and oxygen atoms in total. The van der Waals surface area contributed by atoms with Crippen LogP contribution in [0.25, 0.3) is 11.1 Å². The summed E-state index contributed by atoms with van der Waals surface area (Å²) in [6.45, 7) is 10.6. The quantitative estimate of drug-likeness (QED) is 0.121. The summed E-state index contributed by atoms with van der Waals surface area (Å²) in [5, 5.41) is 4.38. The summed E-state index contributed by atoms with van der Waals surface area (Å²) in [4.78, 5) is 0. The summed E-state index contributed by atoms with van der Waals surface area (Å²) in [5.74, 6) is 0. The van der Waals surface area contributed by atoms with E-state index in [1.54, 1.807) is 0 Å². The van der Waals surface area contributed by atoms with Crippen molar-refractivity contribution in [1.29, 1.82) is 0 Å². The van der Waals surface area contributed by atoms with Gasteiger partial charge in [-0.15, -0.1) is 13.1 Å². The largest absolute Gasteiger partial charge is 0.677 e. The van der Waals surface area contributed by atoms with E-state index in [1.165, 1.54) is 83.5 Å². The number of hydrogen-bond acceptors (Lipinski definition) is 0. The zero-order chi connectivity index (χ0) is 17.4. The number of unbranched alkanes of at least 4 members (excludes halogenated alkanes) is 11. The summed E-state index contributed by atoms with van der Waals surface area (Å²) < 4.78 is 0. The van der Waals surface area contributed by atoms with Crippen LogP contribution < -0.4 is 0 Å². The van der Waals surface area contributed by atoms with Crippen molar-refractivity contribution in [3.8, 4) is 0 Å². The van der Waals surface area contributed by atoms with Gasteiger partial charge in [0, 0.05) is 98.1 Å². The summed E-state index contributed by atoms with van der Waals surface area (Å²) in [6, 6.07) is 0. The van der Waals surface area contributed by atoms with E-state index in [0.29, 0.717) is 6.54 Å². The third-order valence-electron chi connectivity index (χ3n) is 3.92. The summed E-state index contributed by atoms with van der Waals surface area (Å²) in [7, 11) is 0. The van der Waals surface area contributed by atoms with Crippen molar-refractivity contribution < 1.29 is 98.1 Å². The minimum absolute atomic E-state index is 0. The second-order valence-electron chi connectivity index (χ2n) is 6.39. The Labute approximate surface area is 241 Å². The van der Waals surface area contributed by atoms with Gasteiger partial charge in [-0.05, 0) is 12.8 Å². The van der Waals surface area contributed by atoms with E-state index in [4.69, 9.17) is 5.73 Å². The molecule has 3 radical (unpaired) electrons. The Kier molecular flexibility index (Phi) is 64.0. The maximum Gasteiger partial charge on any atom is 0 e. The Morgan fingerprint density at radius 2 is 1.08 bits per heavy atom. The van der Waals surface area contributed by atoms with E-state index in [1.807, 2.05) is 6.08 Å². The van der Waals surface area contributed by atoms with Crippen LogP contribution in [-0.4, -0.2) is 19.6 Å². The SMILES string of the molecule is C=CCCCCCCCC[N-]CCC[NH-].CCCCCCCC.[Y].[Y].[Y]. The molecule has 0 saturated heterocycles. The second-order valence-corrected chi connectivity index (χ2v) is 6.39. The summed E-state index contributed by atoms with van der Waals surface area (Å²) >= 11 is 0. The van der Waals surface area contributed by atoms with Crippen LogP contribution in [0, 0.1) is 0 Å². The average molecular weight is 591 g/mol. The van der Waals surface area contributed by atoms with Crippen molar-refractivity contribution >= 4 is 0 Å². The van der Waals surface area contributed by atoms with Gasteiger partial charge in [0.2, 0.25) is 0 Å². The molecule has 0 aromatic rings. The minimum Gasteiger partial charge on any atom is -0.677 e. The van der Waals surface area contributed by atoms with Crippen molar-refractivity contribution in [2.75, 3.05) is 19.6 Å². The van der Waals surface area contributed by atoms with Gasteiger partial charge in [0.1, 0.15) is 0 Å². The van der Waals surface area contributed by atoms with Gasteiger partial charge in [0.25, 0.3) is 0 Å². The molecule has 0 unspecified atom stereocenters. The van der Waals surface area contributed by atoms with Gasteiger partial charge in [-0.1, -0.05) is 97.0 Å². The molecule has 26 heavy (non-hydrogen) atoms.